The molecule has 0 bridgehead atoms. The van der Waals surface area contributed by atoms with E-state index in [1.807, 2.05) is 0 Å². The standard InChI is InChI=1S/C23H16BrF8NO2/c24-14-5-7-17(25)19(10-14)35-15-3-1-2-12(8-15)21(33-11-20(34)23(30,31)32)16-6-4-13(9-18(16)26)22(27,28)29/h1-10,20-21,33-34H,11H2. The van der Waals surface area contributed by atoms with E-state index < -0.39 is 53.8 Å². The molecule has 0 aliphatic heterocycles. The van der Waals surface area contributed by atoms with Crippen LogP contribution in [0.1, 0.15) is 22.7 Å². The minimum atomic E-state index is -4.99. The minimum Gasteiger partial charge on any atom is -0.454 e. The highest BCUT2D eigenvalue weighted by molar-refractivity contribution is 9.10. The molecule has 0 saturated carbocycles. The number of halogens is 9. The number of rotatable bonds is 7. The monoisotopic (exact) mass is 569 g/mol. The van der Waals surface area contributed by atoms with E-state index in [2.05, 4.69) is 21.2 Å². The van der Waals surface area contributed by atoms with E-state index in [1.165, 1.54) is 36.4 Å². The third-order valence-corrected chi connectivity index (χ3v) is 5.34. The number of nitrogens with one attached hydrogen (secondary N) is 1. The van der Waals surface area contributed by atoms with Crippen LogP contribution in [0, 0.1) is 11.6 Å². The lowest BCUT2D eigenvalue weighted by molar-refractivity contribution is -0.202. The Morgan fingerprint density at radius 2 is 1.60 bits per heavy atom. The average Bonchev–Trinajstić information content (AvgIpc) is 2.76. The fraction of sp³-hybridized carbons (Fsp3) is 0.217. The second kappa shape index (κ2) is 10.5. The van der Waals surface area contributed by atoms with Crippen molar-refractivity contribution < 1.29 is 45.0 Å². The maximum absolute atomic E-state index is 14.7. The SMILES string of the molecule is OC(CNC(c1cccc(Oc2cc(Br)ccc2F)c1)c1ccc(C(F)(F)F)cc1F)C(F)(F)F. The van der Waals surface area contributed by atoms with E-state index in [1.54, 1.807) is 0 Å². The first-order chi connectivity index (χ1) is 16.3. The number of aliphatic hydroxyl groups excluding tert-OH is 1. The summed E-state index contributed by atoms with van der Waals surface area (Å²) in [7, 11) is 0. The minimum absolute atomic E-state index is 0.0231. The summed E-state index contributed by atoms with van der Waals surface area (Å²) in [6, 6.07) is 9.47. The molecule has 3 aromatic carbocycles. The summed E-state index contributed by atoms with van der Waals surface area (Å²) in [4.78, 5) is 0. The van der Waals surface area contributed by atoms with Gasteiger partial charge < -0.3 is 15.2 Å². The van der Waals surface area contributed by atoms with Crippen LogP contribution in [0.3, 0.4) is 0 Å². The molecule has 3 rings (SSSR count). The lowest BCUT2D eigenvalue weighted by Crippen LogP contribution is -2.40. The van der Waals surface area contributed by atoms with Crippen LogP contribution in [0.15, 0.2) is 65.1 Å². The van der Waals surface area contributed by atoms with Crippen LogP contribution in [0.2, 0.25) is 0 Å². The molecular weight excluding hydrogens is 554 g/mol. The Labute approximate surface area is 202 Å². The first-order valence-electron chi connectivity index (χ1n) is 9.83. The van der Waals surface area contributed by atoms with Gasteiger partial charge in [-0.15, -0.1) is 0 Å². The molecule has 0 radical (unpaired) electrons. The number of hydrogen-bond donors (Lipinski definition) is 2. The molecule has 0 aliphatic rings. The smallest absolute Gasteiger partial charge is 0.416 e. The quantitative estimate of drug-likeness (QED) is 0.297. The van der Waals surface area contributed by atoms with E-state index in [0.29, 0.717) is 10.5 Å². The van der Waals surface area contributed by atoms with Gasteiger partial charge in [0.15, 0.2) is 17.7 Å². The normalized spacial score (nSPS) is 14.0. The molecule has 3 aromatic rings. The van der Waals surface area contributed by atoms with Crippen molar-refractivity contribution in [3.05, 3.63) is 93.5 Å². The largest absolute Gasteiger partial charge is 0.454 e. The Hall–Kier alpha value is -2.70. The van der Waals surface area contributed by atoms with Crippen molar-refractivity contribution in [1.82, 2.24) is 5.32 Å². The van der Waals surface area contributed by atoms with Crippen molar-refractivity contribution in [1.29, 1.82) is 0 Å². The Morgan fingerprint density at radius 3 is 2.23 bits per heavy atom. The highest BCUT2D eigenvalue weighted by atomic mass is 79.9. The maximum atomic E-state index is 14.7. The zero-order valence-electron chi connectivity index (χ0n) is 17.4. The third kappa shape index (κ3) is 6.92. The van der Waals surface area contributed by atoms with Crippen LogP contribution >= 0.6 is 15.9 Å². The van der Waals surface area contributed by atoms with Crippen LogP contribution in [-0.2, 0) is 6.18 Å². The van der Waals surface area contributed by atoms with Gasteiger partial charge in [0.25, 0.3) is 0 Å². The summed E-state index contributed by atoms with van der Waals surface area (Å²) in [5.41, 5.74) is -1.60. The van der Waals surface area contributed by atoms with Gasteiger partial charge in [0.2, 0.25) is 0 Å². The molecule has 0 fully saturated rings. The Morgan fingerprint density at radius 1 is 0.886 bits per heavy atom. The molecule has 0 aliphatic carbocycles. The van der Waals surface area contributed by atoms with E-state index >= 15 is 0 Å². The van der Waals surface area contributed by atoms with Crippen molar-refractivity contribution >= 4 is 15.9 Å². The van der Waals surface area contributed by atoms with E-state index in [-0.39, 0.29) is 23.1 Å². The van der Waals surface area contributed by atoms with E-state index in [9.17, 15) is 40.2 Å². The van der Waals surface area contributed by atoms with Crippen molar-refractivity contribution in [2.75, 3.05) is 6.54 Å². The average molecular weight is 570 g/mol. The van der Waals surface area contributed by atoms with Crippen LogP contribution in [-0.4, -0.2) is 23.9 Å². The van der Waals surface area contributed by atoms with Crippen LogP contribution in [0.5, 0.6) is 11.5 Å². The van der Waals surface area contributed by atoms with Crippen molar-refractivity contribution in [2.45, 2.75) is 24.5 Å². The Kier molecular flexibility index (Phi) is 8.07. The lowest BCUT2D eigenvalue weighted by atomic mass is 9.96. The highest BCUT2D eigenvalue weighted by Crippen LogP contribution is 2.35. The van der Waals surface area contributed by atoms with Gasteiger partial charge in [-0.05, 0) is 48.0 Å². The summed E-state index contributed by atoms with van der Waals surface area (Å²) in [6.45, 7) is -1.08. The van der Waals surface area contributed by atoms with Crippen molar-refractivity contribution in [2.24, 2.45) is 0 Å². The molecule has 0 spiro atoms. The molecule has 0 saturated heterocycles. The topological polar surface area (TPSA) is 41.5 Å². The van der Waals surface area contributed by atoms with Gasteiger partial charge >= 0.3 is 12.4 Å². The van der Waals surface area contributed by atoms with Gasteiger partial charge in [-0.3, -0.25) is 0 Å². The number of hydrogen-bond acceptors (Lipinski definition) is 3. The maximum Gasteiger partial charge on any atom is 0.416 e. The number of alkyl halides is 6. The first kappa shape index (κ1) is 26.9. The number of benzene rings is 3. The zero-order chi connectivity index (χ0) is 26.0. The molecule has 2 atom stereocenters. The Bertz CT molecular complexity index is 1180. The number of aliphatic hydroxyl groups is 1. The van der Waals surface area contributed by atoms with Crippen LogP contribution in [0.4, 0.5) is 35.1 Å². The van der Waals surface area contributed by atoms with Gasteiger partial charge in [0.1, 0.15) is 11.6 Å². The van der Waals surface area contributed by atoms with E-state index in [0.717, 1.165) is 12.1 Å². The molecule has 2 unspecified atom stereocenters. The summed E-state index contributed by atoms with van der Waals surface area (Å²) in [5, 5.41) is 11.7. The molecule has 12 heteroatoms. The van der Waals surface area contributed by atoms with Crippen LogP contribution in [0.25, 0.3) is 0 Å². The molecule has 2 N–H and O–H groups in total. The predicted octanol–water partition coefficient (Wildman–Crippen LogP) is 7.14. The molecular formula is C23H16BrF8NO2. The van der Waals surface area contributed by atoms with Gasteiger partial charge in [0, 0.05) is 16.6 Å². The zero-order valence-corrected chi connectivity index (χ0v) is 19.0. The van der Waals surface area contributed by atoms with Gasteiger partial charge in [-0.2, -0.15) is 26.3 Å². The second-order valence-electron chi connectivity index (χ2n) is 7.38. The van der Waals surface area contributed by atoms with Crippen molar-refractivity contribution in [3.8, 4) is 11.5 Å². The van der Waals surface area contributed by atoms with Gasteiger partial charge in [-0.1, -0.05) is 34.1 Å². The van der Waals surface area contributed by atoms with E-state index in [4.69, 9.17) is 4.74 Å². The molecule has 188 valence electrons. The predicted molar refractivity (Wildman–Crippen MR) is 114 cm³/mol. The summed E-state index contributed by atoms with van der Waals surface area (Å²) >= 11 is 3.16. The van der Waals surface area contributed by atoms with Gasteiger partial charge in [-0.25, -0.2) is 8.78 Å². The molecule has 0 aromatic heterocycles. The highest BCUT2D eigenvalue weighted by Gasteiger charge is 2.38. The van der Waals surface area contributed by atoms with Crippen molar-refractivity contribution in [3.63, 3.8) is 0 Å². The lowest BCUT2D eigenvalue weighted by Gasteiger charge is -2.24. The molecule has 35 heavy (non-hydrogen) atoms. The third-order valence-electron chi connectivity index (χ3n) is 4.84. The Balaban J connectivity index is 1.99. The summed E-state index contributed by atoms with van der Waals surface area (Å²) in [6.07, 6.45) is -12.6. The number of ether oxygens (including phenoxy) is 1. The molecule has 0 amide bonds. The fourth-order valence-electron chi connectivity index (χ4n) is 3.13. The molecule has 0 heterocycles. The molecule has 3 nitrogen and oxygen atoms in total. The first-order valence-corrected chi connectivity index (χ1v) is 10.6. The van der Waals surface area contributed by atoms with Gasteiger partial charge in [0.05, 0.1) is 11.6 Å². The summed E-state index contributed by atoms with van der Waals surface area (Å²) in [5.74, 6) is -2.21. The second-order valence-corrected chi connectivity index (χ2v) is 8.30. The fourth-order valence-corrected chi connectivity index (χ4v) is 3.47. The summed E-state index contributed by atoms with van der Waals surface area (Å²) < 4.78 is 112. The van der Waals surface area contributed by atoms with Crippen LogP contribution < -0.4 is 10.1 Å².